The van der Waals surface area contributed by atoms with Crippen LogP contribution in [0.5, 0.6) is 11.5 Å². The van der Waals surface area contributed by atoms with Crippen molar-refractivity contribution in [2.45, 2.75) is 19.8 Å². The molecule has 1 aromatic heterocycles. The molecule has 0 saturated heterocycles. The van der Waals surface area contributed by atoms with Crippen LogP contribution in [0.1, 0.15) is 19.2 Å². The van der Waals surface area contributed by atoms with Crippen LogP contribution >= 0.6 is 0 Å². The lowest BCUT2D eigenvalue weighted by molar-refractivity contribution is 0.355. The lowest BCUT2D eigenvalue weighted by atomic mass is 10.1. The van der Waals surface area contributed by atoms with Crippen LogP contribution in [0.4, 0.5) is 0 Å². The van der Waals surface area contributed by atoms with Crippen LogP contribution in [0.15, 0.2) is 29.1 Å². The van der Waals surface area contributed by atoms with Crippen molar-refractivity contribution >= 4 is 0 Å². The SMILES string of the molecule is CCCc1nc(-c2ccc(OC)c(OC)c2)cc(=O)[nH]1. The van der Waals surface area contributed by atoms with E-state index in [1.54, 1.807) is 20.3 Å². The number of hydrogen-bond donors (Lipinski definition) is 1. The van der Waals surface area contributed by atoms with Gasteiger partial charge in [-0.05, 0) is 24.6 Å². The Bertz CT molecular complexity index is 650. The number of ether oxygens (including phenoxy) is 2. The van der Waals surface area contributed by atoms with Gasteiger partial charge in [-0.15, -0.1) is 0 Å². The molecule has 106 valence electrons. The van der Waals surface area contributed by atoms with E-state index in [9.17, 15) is 4.79 Å². The fraction of sp³-hybridized carbons (Fsp3) is 0.333. The number of aromatic nitrogens is 2. The molecule has 0 aliphatic rings. The van der Waals surface area contributed by atoms with Crippen LogP contribution in [0.25, 0.3) is 11.3 Å². The van der Waals surface area contributed by atoms with E-state index >= 15 is 0 Å². The van der Waals surface area contributed by atoms with E-state index in [1.165, 1.54) is 6.07 Å². The van der Waals surface area contributed by atoms with Gasteiger partial charge in [0.25, 0.3) is 5.56 Å². The summed E-state index contributed by atoms with van der Waals surface area (Å²) < 4.78 is 10.5. The number of hydrogen-bond acceptors (Lipinski definition) is 4. The number of aryl methyl sites for hydroxylation is 1. The van der Waals surface area contributed by atoms with Crippen molar-refractivity contribution in [1.82, 2.24) is 9.97 Å². The largest absolute Gasteiger partial charge is 0.493 e. The van der Waals surface area contributed by atoms with Gasteiger partial charge >= 0.3 is 0 Å². The Labute approximate surface area is 117 Å². The van der Waals surface area contributed by atoms with Gasteiger partial charge in [-0.3, -0.25) is 4.79 Å². The summed E-state index contributed by atoms with van der Waals surface area (Å²) in [6, 6.07) is 6.96. The number of methoxy groups -OCH3 is 2. The average molecular weight is 274 g/mol. The average Bonchev–Trinajstić information content (AvgIpc) is 2.46. The number of nitrogens with zero attached hydrogens (tertiary/aromatic N) is 1. The van der Waals surface area contributed by atoms with E-state index < -0.39 is 0 Å². The molecular weight excluding hydrogens is 256 g/mol. The minimum Gasteiger partial charge on any atom is -0.493 e. The summed E-state index contributed by atoms with van der Waals surface area (Å²) in [5.41, 5.74) is 1.32. The lowest BCUT2D eigenvalue weighted by Crippen LogP contribution is -2.11. The second kappa shape index (κ2) is 6.23. The highest BCUT2D eigenvalue weighted by atomic mass is 16.5. The third kappa shape index (κ3) is 2.99. The first-order valence-corrected chi connectivity index (χ1v) is 6.50. The van der Waals surface area contributed by atoms with Crippen molar-refractivity contribution in [2.75, 3.05) is 14.2 Å². The van der Waals surface area contributed by atoms with Gasteiger partial charge < -0.3 is 14.5 Å². The lowest BCUT2D eigenvalue weighted by Gasteiger charge is -2.09. The molecule has 0 amide bonds. The second-order valence-corrected chi connectivity index (χ2v) is 4.40. The Balaban J connectivity index is 2.48. The summed E-state index contributed by atoms with van der Waals surface area (Å²) in [5.74, 6) is 1.96. The molecule has 2 aromatic rings. The summed E-state index contributed by atoms with van der Waals surface area (Å²) in [6.45, 7) is 2.04. The van der Waals surface area contributed by atoms with Crippen LogP contribution < -0.4 is 15.0 Å². The number of nitrogens with one attached hydrogen (secondary N) is 1. The van der Waals surface area contributed by atoms with Crippen LogP contribution in [0.3, 0.4) is 0 Å². The summed E-state index contributed by atoms with van der Waals surface area (Å²) in [7, 11) is 3.16. The molecule has 2 rings (SSSR count). The molecule has 0 bridgehead atoms. The molecule has 1 aromatic carbocycles. The van der Waals surface area contributed by atoms with Crippen molar-refractivity contribution in [2.24, 2.45) is 0 Å². The smallest absolute Gasteiger partial charge is 0.251 e. The van der Waals surface area contributed by atoms with Crippen LogP contribution in [-0.4, -0.2) is 24.2 Å². The first kappa shape index (κ1) is 14.1. The van der Waals surface area contributed by atoms with E-state index in [1.807, 2.05) is 19.1 Å². The Morgan fingerprint density at radius 1 is 1.15 bits per heavy atom. The van der Waals surface area contributed by atoms with Gasteiger partial charge in [0, 0.05) is 18.1 Å². The Kier molecular flexibility index (Phi) is 4.40. The molecule has 0 saturated carbocycles. The fourth-order valence-electron chi connectivity index (χ4n) is 2.01. The van der Waals surface area contributed by atoms with Gasteiger partial charge in [-0.2, -0.15) is 0 Å². The molecule has 5 nitrogen and oxygen atoms in total. The molecular formula is C15H18N2O3. The first-order chi connectivity index (χ1) is 9.67. The molecule has 1 heterocycles. The molecule has 20 heavy (non-hydrogen) atoms. The molecule has 0 radical (unpaired) electrons. The second-order valence-electron chi connectivity index (χ2n) is 4.40. The van der Waals surface area contributed by atoms with Gasteiger partial charge in [0.05, 0.1) is 19.9 Å². The van der Waals surface area contributed by atoms with Gasteiger partial charge in [-0.25, -0.2) is 4.98 Å². The molecule has 5 heteroatoms. The standard InChI is InChI=1S/C15H18N2O3/c1-4-5-14-16-11(9-15(18)17-14)10-6-7-12(19-2)13(8-10)20-3/h6-9H,4-5H2,1-3H3,(H,16,17,18). The highest BCUT2D eigenvalue weighted by Gasteiger charge is 2.08. The van der Waals surface area contributed by atoms with E-state index in [2.05, 4.69) is 9.97 Å². The van der Waals surface area contributed by atoms with Gasteiger partial charge in [0.1, 0.15) is 5.82 Å². The molecule has 0 fully saturated rings. The van der Waals surface area contributed by atoms with Crippen LogP contribution in [0, 0.1) is 0 Å². The zero-order chi connectivity index (χ0) is 14.5. The summed E-state index contributed by atoms with van der Waals surface area (Å²) in [6.07, 6.45) is 1.68. The van der Waals surface area contributed by atoms with Crippen molar-refractivity contribution in [3.63, 3.8) is 0 Å². The van der Waals surface area contributed by atoms with E-state index in [0.717, 1.165) is 18.4 Å². The highest BCUT2D eigenvalue weighted by molar-refractivity contribution is 5.63. The predicted octanol–water partition coefficient (Wildman–Crippen LogP) is 2.41. The van der Waals surface area contributed by atoms with Crippen molar-refractivity contribution in [3.05, 3.63) is 40.4 Å². The van der Waals surface area contributed by atoms with Crippen molar-refractivity contribution in [1.29, 1.82) is 0 Å². The first-order valence-electron chi connectivity index (χ1n) is 6.50. The van der Waals surface area contributed by atoms with Crippen LogP contribution in [-0.2, 0) is 6.42 Å². The van der Waals surface area contributed by atoms with Crippen LogP contribution in [0.2, 0.25) is 0 Å². The zero-order valence-electron chi connectivity index (χ0n) is 11.9. The fourth-order valence-corrected chi connectivity index (χ4v) is 2.01. The maximum atomic E-state index is 11.7. The molecule has 0 atom stereocenters. The van der Waals surface area contributed by atoms with E-state index in [4.69, 9.17) is 9.47 Å². The minimum atomic E-state index is -0.145. The number of rotatable bonds is 5. The van der Waals surface area contributed by atoms with Gasteiger partial charge in [0.15, 0.2) is 11.5 Å². The summed E-state index contributed by atoms with van der Waals surface area (Å²) in [5, 5.41) is 0. The molecule has 0 aliphatic carbocycles. The quantitative estimate of drug-likeness (QED) is 0.909. The van der Waals surface area contributed by atoms with E-state index in [0.29, 0.717) is 23.0 Å². The minimum absolute atomic E-state index is 0.145. The summed E-state index contributed by atoms with van der Waals surface area (Å²) >= 11 is 0. The topological polar surface area (TPSA) is 64.2 Å². The van der Waals surface area contributed by atoms with Crippen molar-refractivity contribution < 1.29 is 9.47 Å². The predicted molar refractivity (Wildman–Crippen MR) is 77.4 cm³/mol. The number of aromatic amines is 1. The Morgan fingerprint density at radius 2 is 1.90 bits per heavy atom. The molecule has 0 spiro atoms. The number of benzene rings is 1. The molecule has 0 aliphatic heterocycles. The van der Waals surface area contributed by atoms with Crippen molar-refractivity contribution in [3.8, 4) is 22.8 Å². The maximum absolute atomic E-state index is 11.7. The normalized spacial score (nSPS) is 10.3. The van der Waals surface area contributed by atoms with Gasteiger partial charge in [0.2, 0.25) is 0 Å². The highest BCUT2D eigenvalue weighted by Crippen LogP contribution is 2.31. The Morgan fingerprint density at radius 3 is 2.55 bits per heavy atom. The zero-order valence-corrected chi connectivity index (χ0v) is 11.9. The molecule has 1 N–H and O–H groups in total. The third-order valence-corrected chi connectivity index (χ3v) is 2.96. The maximum Gasteiger partial charge on any atom is 0.251 e. The monoisotopic (exact) mass is 274 g/mol. The third-order valence-electron chi connectivity index (χ3n) is 2.96. The summed E-state index contributed by atoms with van der Waals surface area (Å²) in [4.78, 5) is 18.9. The molecule has 0 unspecified atom stereocenters. The Hall–Kier alpha value is -2.30. The van der Waals surface area contributed by atoms with Gasteiger partial charge in [-0.1, -0.05) is 6.92 Å². The number of H-pyrrole nitrogens is 1. The van der Waals surface area contributed by atoms with E-state index in [-0.39, 0.29) is 5.56 Å².